The number of ether oxygens (including phenoxy) is 1. The molecule has 27 heavy (non-hydrogen) atoms. The Morgan fingerprint density at radius 3 is 2.41 bits per heavy atom. The van der Waals surface area contributed by atoms with Crippen LogP contribution in [0.4, 0.5) is 5.00 Å². The molecule has 6 heteroatoms. The van der Waals surface area contributed by atoms with Crippen molar-refractivity contribution < 1.29 is 18.7 Å². The number of thiophene rings is 1. The van der Waals surface area contributed by atoms with Gasteiger partial charge in [-0.05, 0) is 50.7 Å². The average Bonchev–Trinajstić information content (AvgIpc) is 3.09. The average molecular weight is 392 g/mol. The summed E-state index contributed by atoms with van der Waals surface area (Å²) in [6.45, 7) is 14.3. The molecule has 1 atom stereocenters. The first kappa shape index (κ1) is 21.2. The van der Waals surface area contributed by atoms with E-state index in [1.807, 2.05) is 6.07 Å². The summed E-state index contributed by atoms with van der Waals surface area (Å²) in [6, 6.07) is 3.55. The number of carbonyl (C=O) groups is 2. The molecular weight excluding hydrogens is 362 g/mol. The third-order valence-electron chi connectivity index (χ3n) is 4.16. The zero-order valence-corrected chi connectivity index (χ0v) is 18.0. The van der Waals surface area contributed by atoms with Crippen LogP contribution in [0, 0.1) is 19.3 Å². The van der Waals surface area contributed by atoms with Gasteiger partial charge in [-0.1, -0.05) is 27.7 Å². The fourth-order valence-electron chi connectivity index (χ4n) is 3.15. The van der Waals surface area contributed by atoms with E-state index in [4.69, 9.17) is 9.15 Å². The Balaban J connectivity index is 2.33. The van der Waals surface area contributed by atoms with Crippen molar-refractivity contribution in [3.63, 3.8) is 0 Å². The fraction of sp³-hybridized carbons (Fsp3) is 0.524. The lowest BCUT2D eigenvalue weighted by molar-refractivity contribution is 0.0528. The second-order valence-electron chi connectivity index (χ2n) is 8.06. The Bertz CT molecular complexity index is 826. The zero-order valence-electron chi connectivity index (χ0n) is 17.2. The summed E-state index contributed by atoms with van der Waals surface area (Å²) in [7, 11) is 0. The topological polar surface area (TPSA) is 68.5 Å². The van der Waals surface area contributed by atoms with E-state index in [9.17, 15) is 9.59 Å². The first-order valence-electron chi connectivity index (χ1n) is 9.21. The molecular formula is C21H29NO4S. The van der Waals surface area contributed by atoms with E-state index in [-0.39, 0.29) is 23.8 Å². The zero-order chi connectivity index (χ0) is 20.4. The van der Waals surface area contributed by atoms with Gasteiger partial charge in [0, 0.05) is 4.88 Å². The van der Waals surface area contributed by atoms with E-state index in [0.717, 1.165) is 11.3 Å². The van der Waals surface area contributed by atoms with Gasteiger partial charge in [0.25, 0.3) is 5.91 Å². The molecule has 0 fully saturated rings. The lowest BCUT2D eigenvalue weighted by Crippen LogP contribution is -2.14. The van der Waals surface area contributed by atoms with Crippen molar-refractivity contribution in [1.82, 2.24) is 0 Å². The fourth-order valence-corrected chi connectivity index (χ4v) is 4.25. The second-order valence-corrected chi connectivity index (χ2v) is 9.14. The number of carbonyl (C=O) groups excluding carboxylic acids is 2. The quantitative estimate of drug-likeness (QED) is 0.620. The predicted molar refractivity (Wildman–Crippen MR) is 109 cm³/mol. The highest BCUT2D eigenvalue weighted by Crippen LogP contribution is 2.39. The molecule has 0 aliphatic heterocycles. The van der Waals surface area contributed by atoms with Gasteiger partial charge in [0.2, 0.25) is 0 Å². The summed E-state index contributed by atoms with van der Waals surface area (Å²) >= 11 is 1.43. The monoisotopic (exact) mass is 391 g/mol. The second kappa shape index (κ2) is 8.30. The van der Waals surface area contributed by atoms with Crippen molar-refractivity contribution in [2.45, 2.75) is 60.8 Å². The molecule has 0 saturated heterocycles. The summed E-state index contributed by atoms with van der Waals surface area (Å²) in [5, 5.41) is 3.40. The largest absolute Gasteiger partial charge is 0.466 e. The Morgan fingerprint density at radius 1 is 1.22 bits per heavy atom. The van der Waals surface area contributed by atoms with Crippen LogP contribution in [-0.2, 0) is 4.74 Å². The molecule has 0 saturated carbocycles. The van der Waals surface area contributed by atoms with Gasteiger partial charge >= 0.3 is 5.97 Å². The minimum Gasteiger partial charge on any atom is -0.466 e. The molecule has 0 radical (unpaired) electrons. The first-order valence-corrected chi connectivity index (χ1v) is 10.0. The maximum atomic E-state index is 12.7. The van der Waals surface area contributed by atoms with E-state index in [2.05, 4.69) is 33.0 Å². The maximum Gasteiger partial charge on any atom is 0.341 e. The number of amides is 1. The third-order valence-corrected chi connectivity index (χ3v) is 5.45. The van der Waals surface area contributed by atoms with Crippen molar-refractivity contribution in [1.29, 1.82) is 0 Å². The number of hydrogen-bond donors (Lipinski definition) is 1. The molecule has 0 spiro atoms. The van der Waals surface area contributed by atoms with Gasteiger partial charge in [-0.3, -0.25) is 4.79 Å². The molecule has 1 amide bonds. The van der Waals surface area contributed by atoms with Gasteiger partial charge in [0.15, 0.2) is 0 Å². The van der Waals surface area contributed by atoms with Gasteiger partial charge in [-0.2, -0.15) is 0 Å². The van der Waals surface area contributed by atoms with Crippen LogP contribution < -0.4 is 5.32 Å². The molecule has 5 nitrogen and oxygen atoms in total. The number of aryl methyl sites for hydroxylation is 2. The summed E-state index contributed by atoms with van der Waals surface area (Å²) in [5.41, 5.74) is 1.05. The van der Waals surface area contributed by atoms with Crippen molar-refractivity contribution in [2.75, 3.05) is 11.9 Å². The van der Waals surface area contributed by atoms with Gasteiger partial charge in [-0.25, -0.2) is 4.79 Å². The van der Waals surface area contributed by atoms with E-state index in [1.165, 1.54) is 11.3 Å². The lowest BCUT2D eigenvalue weighted by Gasteiger charge is -2.22. The van der Waals surface area contributed by atoms with Gasteiger partial charge in [-0.15, -0.1) is 11.3 Å². The van der Waals surface area contributed by atoms with Gasteiger partial charge in [0.05, 0.1) is 17.7 Å². The van der Waals surface area contributed by atoms with Gasteiger partial charge < -0.3 is 14.5 Å². The number of nitrogens with one attached hydrogen (secondary N) is 1. The number of esters is 1. The molecule has 2 rings (SSSR count). The highest BCUT2D eigenvalue weighted by atomic mass is 32.1. The molecule has 148 valence electrons. The van der Waals surface area contributed by atoms with E-state index < -0.39 is 5.97 Å². The molecule has 0 bridgehead atoms. The lowest BCUT2D eigenvalue weighted by atomic mass is 9.85. The maximum absolute atomic E-state index is 12.7. The Labute approximate surface area is 165 Å². The molecule has 0 aliphatic rings. The number of furan rings is 1. The normalized spacial score (nSPS) is 12.7. The highest BCUT2D eigenvalue weighted by Gasteiger charge is 2.25. The van der Waals surface area contributed by atoms with Crippen LogP contribution in [0.5, 0.6) is 0 Å². The van der Waals surface area contributed by atoms with E-state index >= 15 is 0 Å². The first-order chi connectivity index (χ1) is 12.5. The predicted octanol–water partition coefficient (Wildman–Crippen LogP) is 5.93. The minimum atomic E-state index is -0.418. The van der Waals surface area contributed by atoms with Gasteiger partial charge in [0.1, 0.15) is 16.5 Å². The van der Waals surface area contributed by atoms with Crippen LogP contribution in [0.3, 0.4) is 0 Å². The number of rotatable bonds is 6. The molecule has 0 aromatic carbocycles. The summed E-state index contributed by atoms with van der Waals surface area (Å²) in [5.74, 6) is 0.798. The summed E-state index contributed by atoms with van der Waals surface area (Å²) in [4.78, 5) is 26.1. The van der Waals surface area contributed by atoms with Crippen molar-refractivity contribution >= 4 is 28.2 Å². The van der Waals surface area contributed by atoms with E-state index in [1.54, 1.807) is 26.8 Å². The number of anilines is 1. The molecule has 2 aromatic heterocycles. The Morgan fingerprint density at radius 2 is 1.89 bits per heavy atom. The van der Waals surface area contributed by atoms with Crippen LogP contribution in [0.1, 0.15) is 84.1 Å². The third kappa shape index (κ3) is 5.45. The molecule has 1 N–H and O–H groups in total. The van der Waals surface area contributed by atoms with Crippen LogP contribution >= 0.6 is 11.3 Å². The van der Waals surface area contributed by atoms with Crippen molar-refractivity contribution in [3.8, 4) is 0 Å². The van der Waals surface area contributed by atoms with Crippen LogP contribution in [-0.4, -0.2) is 18.5 Å². The van der Waals surface area contributed by atoms with E-state index in [0.29, 0.717) is 27.6 Å². The smallest absolute Gasteiger partial charge is 0.341 e. The number of hydrogen-bond acceptors (Lipinski definition) is 5. The standard InChI is InChI=1S/C21H29NO4S/c1-8-25-20(24)16-10-17(12(2)11-21(5,6)7)27-19(16)22-18(23)15-9-13(3)26-14(15)4/h9-10,12H,8,11H2,1-7H3,(H,22,23). The van der Waals surface area contributed by atoms with Crippen molar-refractivity contribution in [2.24, 2.45) is 5.41 Å². The Hall–Kier alpha value is -2.08. The minimum absolute atomic E-state index is 0.169. The molecule has 2 heterocycles. The molecule has 0 aliphatic carbocycles. The van der Waals surface area contributed by atoms with Crippen LogP contribution in [0.15, 0.2) is 16.5 Å². The molecule has 1 unspecified atom stereocenters. The highest BCUT2D eigenvalue weighted by molar-refractivity contribution is 7.16. The Kier molecular flexibility index (Phi) is 6.52. The summed E-state index contributed by atoms with van der Waals surface area (Å²) in [6.07, 6.45) is 0.975. The molecule has 2 aromatic rings. The van der Waals surface area contributed by atoms with Crippen LogP contribution in [0.2, 0.25) is 0 Å². The van der Waals surface area contributed by atoms with Crippen molar-refractivity contribution in [3.05, 3.63) is 39.7 Å². The SMILES string of the molecule is CCOC(=O)c1cc(C(C)CC(C)(C)C)sc1NC(=O)c1cc(C)oc1C. The van der Waals surface area contributed by atoms with Crippen LogP contribution in [0.25, 0.3) is 0 Å². The summed E-state index contributed by atoms with van der Waals surface area (Å²) < 4.78 is 10.6.